The van der Waals surface area contributed by atoms with Crippen LogP contribution < -0.4 is 15.4 Å². The largest absolute Gasteiger partial charge is 0.497 e. The van der Waals surface area contributed by atoms with E-state index >= 15 is 0 Å². The Hall–Kier alpha value is -3.69. The van der Waals surface area contributed by atoms with Crippen molar-refractivity contribution in [3.05, 3.63) is 101 Å². The zero-order chi connectivity index (χ0) is 25.8. The maximum Gasteiger partial charge on any atom is 0.255 e. The van der Waals surface area contributed by atoms with Crippen molar-refractivity contribution in [3.63, 3.8) is 0 Å². The van der Waals surface area contributed by atoms with Gasteiger partial charge in [-0.3, -0.25) is 4.79 Å². The fraction of sp³-hybridized carbons (Fsp3) is 0.179. The molecule has 1 atom stereocenters. The molecule has 0 bridgehead atoms. The number of nitrogens with zero attached hydrogens (tertiary/aromatic N) is 3. The summed E-state index contributed by atoms with van der Waals surface area (Å²) >= 11 is 3.22. The number of ether oxygens (including phenoxy) is 1. The van der Waals surface area contributed by atoms with Crippen molar-refractivity contribution in [2.24, 2.45) is 0 Å². The molecule has 3 aromatic carbocycles. The van der Waals surface area contributed by atoms with Crippen LogP contribution in [0.15, 0.2) is 100 Å². The van der Waals surface area contributed by atoms with E-state index in [9.17, 15) is 4.79 Å². The summed E-state index contributed by atoms with van der Waals surface area (Å²) in [5.41, 5.74) is 4.17. The average molecular weight is 530 g/mol. The van der Waals surface area contributed by atoms with Gasteiger partial charge in [-0.1, -0.05) is 54.2 Å². The monoisotopic (exact) mass is 529 g/mol. The molecule has 1 aromatic heterocycles. The Labute approximate surface area is 224 Å². The molecule has 0 aliphatic carbocycles. The lowest BCUT2D eigenvalue weighted by Crippen LogP contribution is -2.31. The number of hydrogen-bond acceptors (Lipinski definition) is 7. The number of allylic oxidation sites excluding steroid dienone is 1. The lowest BCUT2D eigenvalue weighted by atomic mass is 9.95. The van der Waals surface area contributed by atoms with Crippen LogP contribution in [0.3, 0.4) is 0 Å². The summed E-state index contributed by atoms with van der Waals surface area (Å²) in [6.07, 6.45) is 2.05. The van der Waals surface area contributed by atoms with Gasteiger partial charge in [-0.25, -0.2) is 4.68 Å². The number of thioether (sulfide) groups is 2. The standard InChI is InChI=1S/C28H27N5O2S2/c1-18-24(26(34)30-21-9-5-4-6-10-21)25(20-12-14-23(36-3)15-13-20)33-27(29-18)31-28(32-33)37-17-19-8-7-11-22(16-19)35-2/h4-16,25H,17H2,1-3H3,(H,30,34)(H,29,31,32)/t25-/m1/s1. The molecule has 37 heavy (non-hydrogen) atoms. The minimum absolute atomic E-state index is 0.179. The van der Waals surface area contributed by atoms with E-state index in [1.165, 1.54) is 0 Å². The number of anilines is 2. The molecule has 0 spiro atoms. The average Bonchev–Trinajstić information content (AvgIpc) is 3.34. The number of rotatable bonds is 8. The Morgan fingerprint density at radius 1 is 1.08 bits per heavy atom. The van der Waals surface area contributed by atoms with Gasteiger partial charge in [-0.2, -0.15) is 4.98 Å². The third-order valence-corrected chi connectivity index (χ3v) is 7.70. The molecule has 1 amide bonds. The molecule has 9 heteroatoms. The molecule has 0 fully saturated rings. The van der Waals surface area contributed by atoms with Crippen molar-refractivity contribution < 1.29 is 9.53 Å². The van der Waals surface area contributed by atoms with Gasteiger partial charge in [-0.15, -0.1) is 16.9 Å². The van der Waals surface area contributed by atoms with Crippen molar-refractivity contribution in [2.45, 2.75) is 28.8 Å². The minimum atomic E-state index is -0.422. The molecule has 0 radical (unpaired) electrons. The van der Waals surface area contributed by atoms with E-state index in [2.05, 4.69) is 41.0 Å². The highest BCUT2D eigenvalue weighted by Gasteiger charge is 2.34. The van der Waals surface area contributed by atoms with E-state index in [4.69, 9.17) is 14.8 Å². The first-order valence-electron chi connectivity index (χ1n) is 11.8. The van der Waals surface area contributed by atoms with Crippen LogP contribution in [0.1, 0.15) is 24.1 Å². The van der Waals surface area contributed by atoms with Crippen molar-refractivity contribution in [1.29, 1.82) is 0 Å². The van der Waals surface area contributed by atoms with Gasteiger partial charge in [0, 0.05) is 22.0 Å². The Bertz CT molecular complexity index is 1430. The molecule has 5 rings (SSSR count). The maximum absolute atomic E-state index is 13.6. The van der Waals surface area contributed by atoms with Crippen molar-refractivity contribution in [3.8, 4) is 5.75 Å². The fourth-order valence-corrected chi connectivity index (χ4v) is 5.39. The van der Waals surface area contributed by atoms with Gasteiger partial charge in [0.25, 0.3) is 5.91 Å². The summed E-state index contributed by atoms with van der Waals surface area (Å²) in [6.45, 7) is 1.91. The highest BCUT2D eigenvalue weighted by molar-refractivity contribution is 7.98. The molecular formula is C28H27N5O2S2. The Morgan fingerprint density at radius 2 is 1.86 bits per heavy atom. The fourth-order valence-electron chi connectivity index (χ4n) is 4.21. The van der Waals surface area contributed by atoms with Crippen LogP contribution in [0.4, 0.5) is 11.6 Å². The number of aromatic nitrogens is 3. The Morgan fingerprint density at radius 3 is 2.59 bits per heavy atom. The second-order valence-corrected chi connectivity index (χ2v) is 10.3. The van der Waals surface area contributed by atoms with Crippen molar-refractivity contribution in [2.75, 3.05) is 24.0 Å². The van der Waals surface area contributed by atoms with Gasteiger partial charge >= 0.3 is 0 Å². The quantitative estimate of drug-likeness (QED) is 0.262. The molecule has 0 unspecified atom stereocenters. The number of carbonyl (C=O) groups is 1. The lowest BCUT2D eigenvalue weighted by Gasteiger charge is -2.28. The summed E-state index contributed by atoms with van der Waals surface area (Å²) in [4.78, 5) is 19.5. The molecule has 0 saturated heterocycles. The van der Waals surface area contributed by atoms with E-state index in [0.717, 1.165) is 33.2 Å². The minimum Gasteiger partial charge on any atom is -0.497 e. The van der Waals surface area contributed by atoms with Crippen LogP contribution >= 0.6 is 23.5 Å². The summed E-state index contributed by atoms with van der Waals surface area (Å²) in [5.74, 6) is 1.95. The predicted molar refractivity (Wildman–Crippen MR) is 150 cm³/mol. The van der Waals surface area contributed by atoms with Gasteiger partial charge in [0.1, 0.15) is 11.8 Å². The molecule has 2 heterocycles. The first-order chi connectivity index (χ1) is 18.1. The first kappa shape index (κ1) is 25.0. The van der Waals surface area contributed by atoms with Crippen LogP contribution in [0.2, 0.25) is 0 Å². The zero-order valence-electron chi connectivity index (χ0n) is 20.8. The van der Waals surface area contributed by atoms with Gasteiger partial charge in [0.05, 0.1) is 12.7 Å². The second-order valence-electron chi connectivity index (χ2n) is 8.46. The number of methoxy groups -OCH3 is 1. The second kappa shape index (κ2) is 11.1. The van der Waals surface area contributed by atoms with E-state index in [0.29, 0.717) is 22.4 Å². The molecule has 4 aromatic rings. The summed E-state index contributed by atoms with van der Waals surface area (Å²) in [6, 6.07) is 25.3. The molecule has 0 saturated carbocycles. The summed E-state index contributed by atoms with van der Waals surface area (Å²) in [7, 11) is 1.66. The van der Waals surface area contributed by atoms with Gasteiger partial charge in [-0.05, 0) is 60.7 Å². The van der Waals surface area contributed by atoms with Crippen molar-refractivity contribution in [1.82, 2.24) is 14.8 Å². The lowest BCUT2D eigenvalue weighted by molar-refractivity contribution is -0.113. The highest BCUT2D eigenvalue weighted by atomic mass is 32.2. The SMILES string of the molecule is COc1cccc(CSc2nc3n(n2)[C@H](c2ccc(SC)cc2)C(C(=O)Nc2ccccc2)=C(C)N3)c1. The van der Waals surface area contributed by atoms with E-state index in [-0.39, 0.29) is 5.91 Å². The van der Waals surface area contributed by atoms with Gasteiger partial charge in [0.2, 0.25) is 11.1 Å². The zero-order valence-corrected chi connectivity index (χ0v) is 22.4. The van der Waals surface area contributed by atoms with E-state index < -0.39 is 6.04 Å². The molecule has 7 nitrogen and oxygen atoms in total. The molecule has 2 N–H and O–H groups in total. The van der Waals surface area contributed by atoms with Gasteiger partial charge < -0.3 is 15.4 Å². The van der Waals surface area contributed by atoms with Gasteiger partial charge in [0.15, 0.2) is 0 Å². The Kier molecular flexibility index (Phi) is 7.52. The first-order valence-corrected chi connectivity index (χ1v) is 14.0. The van der Waals surface area contributed by atoms with Crippen LogP contribution in [0, 0.1) is 0 Å². The highest BCUT2D eigenvalue weighted by Crippen LogP contribution is 2.37. The maximum atomic E-state index is 13.6. The van der Waals surface area contributed by atoms with Crippen LogP contribution in [0.5, 0.6) is 5.75 Å². The topological polar surface area (TPSA) is 81.1 Å². The molecule has 1 aliphatic heterocycles. The number of hydrogen-bond donors (Lipinski definition) is 2. The number of carbonyl (C=O) groups excluding carboxylic acids is 1. The number of benzene rings is 3. The molecular weight excluding hydrogens is 502 g/mol. The van der Waals surface area contributed by atoms with Crippen LogP contribution in [0.25, 0.3) is 0 Å². The molecule has 188 valence electrons. The predicted octanol–water partition coefficient (Wildman–Crippen LogP) is 6.23. The van der Waals surface area contributed by atoms with E-state index in [1.54, 1.807) is 30.6 Å². The number of para-hydroxylation sites is 1. The van der Waals surface area contributed by atoms with Crippen molar-refractivity contribution >= 4 is 41.1 Å². The normalized spacial score (nSPS) is 14.6. The summed E-state index contributed by atoms with van der Waals surface area (Å²) < 4.78 is 7.16. The number of amides is 1. The number of fused-ring (bicyclic) bond motifs is 1. The third-order valence-electron chi connectivity index (χ3n) is 6.04. The van der Waals surface area contributed by atoms with Crippen LogP contribution in [-0.4, -0.2) is 34.0 Å². The number of nitrogens with one attached hydrogen (secondary N) is 2. The smallest absolute Gasteiger partial charge is 0.255 e. The van der Waals surface area contributed by atoms with Crippen LogP contribution in [-0.2, 0) is 10.5 Å². The van der Waals surface area contributed by atoms with E-state index in [1.807, 2.05) is 66.4 Å². The summed E-state index contributed by atoms with van der Waals surface area (Å²) in [5, 5.41) is 11.8. The molecule has 1 aliphatic rings. The third kappa shape index (κ3) is 5.52. The Balaban J connectivity index is 1.47.